The van der Waals surface area contributed by atoms with Crippen molar-refractivity contribution < 1.29 is 5.11 Å². The van der Waals surface area contributed by atoms with Crippen LogP contribution in [0.2, 0.25) is 0 Å². The molecule has 5 nitrogen and oxygen atoms in total. The first-order valence-electron chi connectivity index (χ1n) is 7.51. The summed E-state index contributed by atoms with van der Waals surface area (Å²) >= 11 is 0. The summed E-state index contributed by atoms with van der Waals surface area (Å²) in [6, 6.07) is 5.26. The molecule has 2 aromatic rings. The van der Waals surface area contributed by atoms with Crippen LogP contribution in [0.25, 0.3) is 11.0 Å². The number of nitrogens with one attached hydrogen (secondary N) is 2. The van der Waals surface area contributed by atoms with Crippen LogP contribution >= 0.6 is 0 Å². The van der Waals surface area contributed by atoms with E-state index in [1.165, 1.54) is 0 Å². The van der Waals surface area contributed by atoms with E-state index >= 15 is 0 Å². The number of aromatic nitrogens is 2. The Morgan fingerprint density at radius 2 is 1.76 bits per heavy atom. The summed E-state index contributed by atoms with van der Waals surface area (Å²) in [5.74, 6) is 0.205. The van der Waals surface area contributed by atoms with Crippen molar-refractivity contribution in [3.05, 3.63) is 44.5 Å². The molecule has 3 N–H and O–H groups in total. The molecule has 1 aromatic heterocycles. The second kappa shape index (κ2) is 6.72. The molecule has 0 spiro atoms. The van der Waals surface area contributed by atoms with E-state index < -0.39 is 17.2 Å². The van der Waals surface area contributed by atoms with Crippen molar-refractivity contribution >= 4 is 11.0 Å². The molecule has 114 valence electrons. The molecule has 2 unspecified atom stereocenters. The molecule has 0 fully saturated rings. The zero-order valence-corrected chi connectivity index (χ0v) is 12.5. The maximum Gasteiger partial charge on any atom is 0.314 e. The third-order valence-corrected chi connectivity index (χ3v) is 3.99. The van der Waals surface area contributed by atoms with E-state index in [9.17, 15) is 14.7 Å². The number of hydrogen-bond donors (Lipinski definition) is 3. The van der Waals surface area contributed by atoms with E-state index in [0.29, 0.717) is 11.0 Å². The van der Waals surface area contributed by atoms with Crippen LogP contribution in [0.15, 0.2) is 27.8 Å². The van der Waals surface area contributed by atoms with Gasteiger partial charge in [0.1, 0.15) is 0 Å². The SMILES string of the molecule is CCCCC(CC)C(O)c1ccc2[nH]c(=O)c(=O)[nH]c2c1. The Bertz CT molecular complexity index is 717. The number of aliphatic hydroxyl groups excluding tert-OH is 1. The van der Waals surface area contributed by atoms with Crippen LogP contribution in [0.3, 0.4) is 0 Å². The van der Waals surface area contributed by atoms with Gasteiger partial charge in [0.05, 0.1) is 17.1 Å². The lowest BCUT2D eigenvalue weighted by Crippen LogP contribution is -2.29. The van der Waals surface area contributed by atoms with Crippen molar-refractivity contribution in [2.45, 2.75) is 45.6 Å². The van der Waals surface area contributed by atoms with Gasteiger partial charge in [-0.05, 0) is 30.0 Å². The van der Waals surface area contributed by atoms with Crippen LogP contribution in [0.4, 0.5) is 0 Å². The van der Waals surface area contributed by atoms with Gasteiger partial charge < -0.3 is 15.1 Å². The summed E-state index contributed by atoms with van der Waals surface area (Å²) in [6.45, 7) is 4.21. The van der Waals surface area contributed by atoms with Gasteiger partial charge in [0.25, 0.3) is 0 Å². The Kier molecular flexibility index (Phi) is 4.96. The van der Waals surface area contributed by atoms with Gasteiger partial charge in [0, 0.05) is 0 Å². The first-order valence-corrected chi connectivity index (χ1v) is 7.51. The minimum Gasteiger partial charge on any atom is -0.388 e. The van der Waals surface area contributed by atoms with Crippen LogP contribution in [0.1, 0.15) is 51.2 Å². The Morgan fingerprint density at radius 1 is 1.10 bits per heavy atom. The highest BCUT2D eigenvalue weighted by molar-refractivity contribution is 5.74. The molecule has 2 rings (SSSR count). The number of hydrogen-bond acceptors (Lipinski definition) is 3. The minimum absolute atomic E-state index is 0.205. The van der Waals surface area contributed by atoms with Crippen LogP contribution in [-0.4, -0.2) is 15.1 Å². The van der Waals surface area contributed by atoms with E-state index in [1.54, 1.807) is 18.2 Å². The van der Waals surface area contributed by atoms with Gasteiger partial charge in [-0.25, -0.2) is 0 Å². The molecule has 0 aliphatic heterocycles. The summed E-state index contributed by atoms with van der Waals surface area (Å²) in [4.78, 5) is 27.7. The molecule has 0 bridgehead atoms. The Balaban J connectivity index is 2.35. The van der Waals surface area contributed by atoms with Crippen molar-refractivity contribution in [3.63, 3.8) is 0 Å². The fraction of sp³-hybridized carbons (Fsp3) is 0.500. The van der Waals surface area contributed by atoms with Gasteiger partial charge in [0.2, 0.25) is 0 Å². The quantitative estimate of drug-likeness (QED) is 0.714. The highest BCUT2D eigenvalue weighted by atomic mass is 16.3. The van der Waals surface area contributed by atoms with Crippen LogP contribution < -0.4 is 11.1 Å². The zero-order valence-electron chi connectivity index (χ0n) is 12.5. The predicted octanol–water partition coefficient (Wildman–Crippen LogP) is 2.47. The van der Waals surface area contributed by atoms with E-state index in [-0.39, 0.29) is 5.92 Å². The van der Waals surface area contributed by atoms with Crippen LogP contribution in [-0.2, 0) is 0 Å². The molecule has 1 aromatic carbocycles. The summed E-state index contributed by atoms with van der Waals surface area (Å²) in [6.07, 6.45) is 3.53. The number of H-pyrrole nitrogens is 2. The molecular weight excluding hydrogens is 268 g/mol. The van der Waals surface area contributed by atoms with Crippen LogP contribution in [0, 0.1) is 5.92 Å². The first kappa shape index (κ1) is 15.5. The molecule has 0 amide bonds. The van der Waals surface area contributed by atoms with Gasteiger partial charge in [-0.2, -0.15) is 0 Å². The molecule has 0 saturated carbocycles. The minimum atomic E-state index is -0.674. The lowest BCUT2D eigenvalue weighted by molar-refractivity contribution is 0.0990. The van der Waals surface area contributed by atoms with Gasteiger partial charge in [0.15, 0.2) is 0 Å². The molecule has 0 saturated heterocycles. The largest absolute Gasteiger partial charge is 0.388 e. The highest BCUT2D eigenvalue weighted by Gasteiger charge is 2.19. The van der Waals surface area contributed by atoms with Crippen LogP contribution in [0.5, 0.6) is 0 Å². The number of rotatable bonds is 6. The smallest absolute Gasteiger partial charge is 0.314 e. The maximum absolute atomic E-state index is 11.4. The highest BCUT2D eigenvalue weighted by Crippen LogP contribution is 2.29. The van der Waals surface area contributed by atoms with Gasteiger partial charge in [-0.3, -0.25) is 9.59 Å². The Labute approximate surface area is 123 Å². The molecule has 1 heterocycles. The predicted molar refractivity (Wildman–Crippen MR) is 83.5 cm³/mol. The number of aliphatic hydroxyl groups is 1. The van der Waals surface area contributed by atoms with Crippen molar-refractivity contribution in [2.24, 2.45) is 5.92 Å². The molecular formula is C16H22N2O3. The van der Waals surface area contributed by atoms with E-state index in [4.69, 9.17) is 0 Å². The second-order valence-corrected chi connectivity index (χ2v) is 5.47. The van der Waals surface area contributed by atoms with Crippen molar-refractivity contribution in [1.82, 2.24) is 9.97 Å². The third-order valence-electron chi connectivity index (χ3n) is 3.99. The fourth-order valence-corrected chi connectivity index (χ4v) is 2.64. The molecule has 21 heavy (non-hydrogen) atoms. The maximum atomic E-state index is 11.4. The Morgan fingerprint density at radius 3 is 2.38 bits per heavy atom. The average molecular weight is 290 g/mol. The molecule has 0 aliphatic rings. The van der Waals surface area contributed by atoms with Gasteiger partial charge in [-0.1, -0.05) is 39.2 Å². The number of aromatic amines is 2. The van der Waals surface area contributed by atoms with Crippen molar-refractivity contribution in [3.8, 4) is 0 Å². The lowest BCUT2D eigenvalue weighted by atomic mass is 9.89. The number of unbranched alkanes of at least 4 members (excludes halogenated alkanes) is 1. The second-order valence-electron chi connectivity index (χ2n) is 5.47. The molecule has 5 heteroatoms. The summed E-state index contributed by atoms with van der Waals surface area (Å²) in [5.41, 5.74) is 0.546. The van der Waals surface area contributed by atoms with E-state index in [1.807, 2.05) is 0 Å². The monoisotopic (exact) mass is 290 g/mol. The number of benzene rings is 1. The topological polar surface area (TPSA) is 85.9 Å². The Hall–Kier alpha value is -1.88. The lowest BCUT2D eigenvalue weighted by Gasteiger charge is -2.22. The van der Waals surface area contributed by atoms with Gasteiger partial charge >= 0.3 is 11.1 Å². The average Bonchev–Trinajstić information content (AvgIpc) is 2.48. The zero-order chi connectivity index (χ0) is 15.4. The fourth-order valence-electron chi connectivity index (χ4n) is 2.64. The van der Waals surface area contributed by atoms with E-state index in [2.05, 4.69) is 23.8 Å². The van der Waals surface area contributed by atoms with Crippen molar-refractivity contribution in [2.75, 3.05) is 0 Å². The van der Waals surface area contributed by atoms with Gasteiger partial charge in [-0.15, -0.1) is 0 Å². The van der Waals surface area contributed by atoms with Crippen molar-refractivity contribution in [1.29, 1.82) is 0 Å². The normalized spacial score (nSPS) is 14.2. The molecule has 2 atom stereocenters. The molecule has 0 aliphatic carbocycles. The standard InChI is InChI=1S/C16H22N2O3/c1-3-5-6-10(4-2)14(19)11-7-8-12-13(9-11)18-16(21)15(20)17-12/h7-10,14,19H,3-6H2,1-2H3,(H,17,20)(H,18,21). The summed E-state index contributed by atoms with van der Waals surface area (Å²) < 4.78 is 0. The first-order chi connectivity index (χ1) is 10.1. The summed E-state index contributed by atoms with van der Waals surface area (Å²) in [5, 5.41) is 10.5. The third kappa shape index (κ3) is 3.42. The number of fused-ring (bicyclic) bond motifs is 1. The van der Waals surface area contributed by atoms with E-state index in [0.717, 1.165) is 31.2 Å². The molecule has 0 radical (unpaired) electrons. The summed E-state index contributed by atoms with van der Waals surface area (Å²) in [7, 11) is 0.